The number of esters is 1. The Morgan fingerprint density at radius 1 is 1.41 bits per heavy atom. The van der Waals surface area contributed by atoms with Crippen LogP contribution in [0.3, 0.4) is 0 Å². The monoisotopic (exact) mass is 264 g/mol. The molecule has 6 nitrogen and oxygen atoms in total. The first-order valence-corrected chi connectivity index (χ1v) is 6.44. The number of nitrogens with one attached hydrogen (secondary N) is 1. The van der Waals surface area contributed by atoms with Crippen LogP contribution in [0, 0.1) is 0 Å². The highest BCUT2D eigenvalue weighted by Gasteiger charge is 2.13. The lowest BCUT2D eigenvalue weighted by Gasteiger charge is -2.08. The van der Waals surface area contributed by atoms with Crippen LogP contribution < -0.4 is 11.1 Å². The van der Waals surface area contributed by atoms with Gasteiger partial charge in [-0.3, -0.25) is 9.59 Å². The molecular formula is C10H20N2O4S. The number of hydrogen-bond donors (Lipinski definition) is 2. The van der Waals surface area contributed by atoms with Gasteiger partial charge in [-0.05, 0) is 6.42 Å². The zero-order valence-electron chi connectivity index (χ0n) is 10.2. The van der Waals surface area contributed by atoms with E-state index in [2.05, 4.69) is 10.1 Å². The van der Waals surface area contributed by atoms with E-state index in [0.29, 0.717) is 18.9 Å². The highest BCUT2D eigenvalue weighted by atomic mass is 32.2. The smallest absolute Gasteiger partial charge is 0.323 e. The number of carbonyl (C=O) groups is 2. The second-order valence-electron chi connectivity index (χ2n) is 3.34. The molecule has 100 valence electrons. The minimum absolute atomic E-state index is 0.0665. The van der Waals surface area contributed by atoms with Crippen molar-refractivity contribution in [2.75, 3.05) is 38.9 Å². The van der Waals surface area contributed by atoms with Gasteiger partial charge in [0.15, 0.2) is 0 Å². The zero-order chi connectivity index (χ0) is 13.1. The Morgan fingerprint density at radius 2 is 2.12 bits per heavy atom. The number of ether oxygens (including phenoxy) is 2. The summed E-state index contributed by atoms with van der Waals surface area (Å²) < 4.78 is 9.32. The van der Waals surface area contributed by atoms with Crippen molar-refractivity contribution >= 4 is 23.6 Å². The predicted octanol–water partition coefficient (Wildman–Crippen LogP) is -0.627. The Kier molecular flexibility index (Phi) is 9.89. The highest BCUT2D eigenvalue weighted by molar-refractivity contribution is 8.00. The van der Waals surface area contributed by atoms with Gasteiger partial charge in [-0.25, -0.2) is 0 Å². The van der Waals surface area contributed by atoms with Crippen LogP contribution >= 0.6 is 11.8 Å². The van der Waals surface area contributed by atoms with Crippen molar-refractivity contribution in [2.45, 2.75) is 12.5 Å². The number of rotatable bonds is 9. The van der Waals surface area contributed by atoms with Crippen molar-refractivity contribution in [1.82, 2.24) is 5.32 Å². The van der Waals surface area contributed by atoms with Gasteiger partial charge >= 0.3 is 5.97 Å². The molecule has 0 rings (SSSR count). The molecule has 0 aliphatic heterocycles. The first kappa shape index (κ1) is 16.2. The molecule has 0 aliphatic carbocycles. The van der Waals surface area contributed by atoms with Crippen molar-refractivity contribution in [3.8, 4) is 0 Å². The summed E-state index contributed by atoms with van der Waals surface area (Å²) in [4.78, 5) is 22.3. The summed E-state index contributed by atoms with van der Waals surface area (Å²) in [5.41, 5.74) is 5.51. The minimum atomic E-state index is -0.675. The number of carbonyl (C=O) groups excluding carboxylic acids is 2. The molecule has 0 aromatic carbocycles. The Morgan fingerprint density at radius 3 is 2.71 bits per heavy atom. The lowest BCUT2D eigenvalue weighted by atomic mass is 10.4. The van der Waals surface area contributed by atoms with Crippen LogP contribution in [0.15, 0.2) is 0 Å². The van der Waals surface area contributed by atoms with Gasteiger partial charge in [0.05, 0.1) is 12.9 Å². The van der Waals surface area contributed by atoms with E-state index in [-0.39, 0.29) is 11.7 Å². The molecule has 0 spiro atoms. The van der Waals surface area contributed by atoms with Crippen LogP contribution in [-0.2, 0) is 19.1 Å². The Bertz CT molecular complexity index is 238. The van der Waals surface area contributed by atoms with E-state index in [1.807, 2.05) is 0 Å². The Labute approximate surface area is 106 Å². The van der Waals surface area contributed by atoms with Crippen LogP contribution in [0.1, 0.15) is 6.42 Å². The molecular weight excluding hydrogens is 244 g/mol. The summed E-state index contributed by atoms with van der Waals surface area (Å²) in [5.74, 6) is 0.136. The molecule has 0 radical (unpaired) electrons. The second-order valence-corrected chi connectivity index (χ2v) is 4.37. The van der Waals surface area contributed by atoms with Crippen LogP contribution in [0.4, 0.5) is 0 Å². The van der Waals surface area contributed by atoms with Gasteiger partial charge in [0.1, 0.15) is 6.04 Å². The molecule has 0 bridgehead atoms. The van der Waals surface area contributed by atoms with E-state index < -0.39 is 12.0 Å². The maximum atomic E-state index is 11.3. The molecule has 17 heavy (non-hydrogen) atoms. The highest BCUT2D eigenvalue weighted by Crippen LogP contribution is 2.02. The predicted molar refractivity (Wildman–Crippen MR) is 66.8 cm³/mol. The lowest BCUT2D eigenvalue weighted by Crippen LogP contribution is -2.35. The fourth-order valence-electron chi connectivity index (χ4n) is 0.993. The van der Waals surface area contributed by atoms with E-state index in [4.69, 9.17) is 10.5 Å². The minimum Gasteiger partial charge on any atom is -0.468 e. The third-order valence-electron chi connectivity index (χ3n) is 1.88. The van der Waals surface area contributed by atoms with Crippen LogP contribution in [0.2, 0.25) is 0 Å². The average molecular weight is 264 g/mol. The second kappa shape index (κ2) is 10.4. The number of thioether (sulfide) groups is 1. The summed E-state index contributed by atoms with van der Waals surface area (Å²) in [6.07, 6.45) is 0.786. The quantitative estimate of drug-likeness (QED) is 0.426. The van der Waals surface area contributed by atoms with Crippen molar-refractivity contribution in [1.29, 1.82) is 0 Å². The van der Waals surface area contributed by atoms with Gasteiger partial charge in [-0.15, -0.1) is 11.8 Å². The van der Waals surface area contributed by atoms with E-state index in [1.165, 1.54) is 18.9 Å². The molecule has 0 fully saturated rings. The molecule has 1 unspecified atom stereocenters. The third-order valence-corrected chi connectivity index (χ3v) is 2.94. The summed E-state index contributed by atoms with van der Waals surface area (Å²) in [5, 5.41) is 2.74. The van der Waals surface area contributed by atoms with Crippen LogP contribution in [0.25, 0.3) is 0 Å². The molecule has 3 N–H and O–H groups in total. The largest absolute Gasteiger partial charge is 0.468 e. The summed E-state index contributed by atoms with van der Waals surface area (Å²) in [7, 11) is 2.90. The summed E-state index contributed by atoms with van der Waals surface area (Å²) in [6.45, 7) is 1.22. The molecule has 1 amide bonds. The van der Waals surface area contributed by atoms with Crippen molar-refractivity contribution in [3.63, 3.8) is 0 Å². The first-order chi connectivity index (χ1) is 8.11. The molecule has 0 saturated heterocycles. The molecule has 0 heterocycles. The van der Waals surface area contributed by atoms with E-state index >= 15 is 0 Å². The fraction of sp³-hybridized carbons (Fsp3) is 0.800. The van der Waals surface area contributed by atoms with E-state index in [1.54, 1.807) is 7.11 Å². The Balaban J connectivity index is 3.47. The van der Waals surface area contributed by atoms with Gasteiger partial charge in [0.2, 0.25) is 5.91 Å². The molecule has 1 atom stereocenters. The molecule has 0 aromatic rings. The lowest BCUT2D eigenvalue weighted by molar-refractivity contribution is -0.141. The molecule has 0 saturated carbocycles. The first-order valence-electron chi connectivity index (χ1n) is 5.28. The van der Waals surface area contributed by atoms with Crippen molar-refractivity contribution in [2.24, 2.45) is 5.73 Å². The topological polar surface area (TPSA) is 90.6 Å². The normalized spacial score (nSPS) is 11.9. The number of nitrogens with two attached hydrogens (primary N) is 1. The number of amides is 1. The SMILES string of the molecule is COCCCNC(=O)CSCC(N)C(=O)OC. The standard InChI is InChI=1S/C10H20N2O4S/c1-15-5-3-4-12-9(13)7-17-6-8(11)10(14)16-2/h8H,3-7,11H2,1-2H3,(H,12,13). The maximum Gasteiger partial charge on any atom is 0.323 e. The van der Waals surface area contributed by atoms with Crippen LogP contribution in [0.5, 0.6) is 0 Å². The number of methoxy groups -OCH3 is 2. The fourth-order valence-corrected chi connectivity index (χ4v) is 1.79. The molecule has 0 aromatic heterocycles. The third kappa shape index (κ3) is 8.96. The van der Waals surface area contributed by atoms with Gasteiger partial charge < -0.3 is 20.5 Å². The van der Waals surface area contributed by atoms with Gasteiger partial charge in [0.25, 0.3) is 0 Å². The van der Waals surface area contributed by atoms with Gasteiger partial charge in [0, 0.05) is 26.0 Å². The van der Waals surface area contributed by atoms with Gasteiger partial charge in [-0.1, -0.05) is 0 Å². The van der Waals surface area contributed by atoms with E-state index in [9.17, 15) is 9.59 Å². The van der Waals surface area contributed by atoms with Crippen molar-refractivity contribution in [3.05, 3.63) is 0 Å². The number of hydrogen-bond acceptors (Lipinski definition) is 6. The van der Waals surface area contributed by atoms with Crippen molar-refractivity contribution < 1.29 is 19.1 Å². The molecule has 7 heteroatoms. The summed E-state index contributed by atoms with van der Waals surface area (Å²) >= 11 is 1.31. The maximum absolute atomic E-state index is 11.3. The van der Waals surface area contributed by atoms with Gasteiger partial charge in [-0.2, -0.15) is 0 Å². The Hall–Kier alpha value is -0.790. The van der Waals surface area contributed by atoms with E-state index in [0.717, 1.165) is 6.42 Å². The summed E-state index contributed by atoms with van der Waals surface area (Å²) in [6, 6.07) is -0.675. The average Bonchev–Trinajstić information content (AvgIpc) is 2.33. The molecule has 0 aliphatic rings. The van der Waals surface area contributed by atoms with Crippen LogP contribution in [-0.4, -0.2) is 56.8 Å². The zero-order valence-corrected chi connectivity index (χ0v) is 11.0.